The van der Waals surface area contributed by atoms with Gasteiger partial charge in [0.2, 0.25) is 5.91 Å². The van der Waals surface area contributed by atoms with Crippen LogP contribution in [-0.4, -0.2) is 23.4 Å². The molecule has 19 heavy (non-hydrogen) atoms. The standard InChI is InChI=1S/C16H23NO2/c1-15(2)8-12-9-16(3,10-15)11-17(12)14(18)7-13-5-4-6-19-13/h4-6,12H,7-11H2,1-3H3. The van der Waals surface area contributed by atoms with Gasteiger partial charge < -0.3 is 9.32 Å². The number of amides is 1. The number of nitrogens with zero attached hydrogens (tertiary/aromatic N) is 1. The first-order chi connectivity index (χ1) is 8.87. The zero-order chi connectivity index (χ0) is 13.7. The second-order valence-corrected chi connectivity index (χ2v) is 7.49. The van der Waals surface area contributed by atoms with Crippen molar-refractivity contribution >= 4 is 5.91 Å². The van der Waals surface area contributed by atoms with Gasteiger partial charge in [-0.3, -0.25) is 4.79 Å². The van der Waals surface area contributed by atoms with Crippen molar-refractivity contribution in [3.05, 3.63) is 24.2 Å². The Labute approximate surface area is 115 Å². The maximum Gasteiger partial charge on any atom is 0.230 e. The molecule has 3 rings (SSSR count). The molecule has 0 N–H and O–H groups in total. The molecule has 1 aromatic rings. The maximum absolute atomic E-state index is 12.5. The van der Waals surface area contributed by atoms with E-state index in [1.807, 2.05) is 12.1 Å². The van der Waals surface area contributed by atoms with Gasteiger partial charge in [0.05, 0.1) is 12.7 Å². The highest BCUT2D eigenvalue weighted by molar-refractivity contribution is 5.79. The lowest BCUT2D eigenvalue weighted by Gasteiger charge is -2.39. The Kier molecular flexibility index (Phi) is 2.77. The van der Waals surface area contributed by atoms with Crippen LogP contribution in [0.2, 0.25) is 0 Å². The summed E-state index contributed by atoms with van der Waals surface area (Å²) in [7, 11) is 0. The third-order valence-electron chi connectivity index (χ3n) is 4.64. The maximum atomic E-state index is 12.5. The minimum absolute atomic E-state index is 0.223. The van der Waals surface area contributed by atoms with E-state index in [2.05, 4.69) is 25.7 Å². The van der Waals surface area contributed by atoms with Crippen molar-refractivity contribution in [3.63, 3.8) is 0 Å². The lowest BCUT2D eigenvalue weighted by atomic mass is 9.65. The quantitative estimate of drug-likeness (QED) is 0.818. The number of hydrogen-bond acceptors (Lipinski definition) is 2. The summed E-state index contributed by atoms with van der Waals surface area (Å²) in [6.45, 7) is 7.91. The van der Waals surface area contributed by atoms with Gasteiger partial charge in [-0.1, -0.05) is 20.8 Å². The first kappa shape index (κ1) is 12.8. The number of carbonyl (C=O) groups excluding carboxylic acids is 1. The van der Waals surface area contributed by atoms with Gasteiger partial charge in [0.1, 0.15) is 5.76 Å². The summed E-state index contributed by atoms with van der Waals surface area (Å²) in [4.78, 5) is 14.6. The van der Waals surface area contributed by atoms with Crippen LogP contribution in [0.5, 0.6) is 0 Å². The van der Waals surface area contributed by atoms with Crippen molar-refractivity contribution in [3.8, 4) is 0 Å². The molecule has 1 aliphatic carbocycles. The van der Waals surface area contributed by atoms with E-state index >= 15 is 0 Å². The van der Waals surface area contributed by atoms with Gasteiger partial charge in [-0.05, 0) is 42.2 Å². The molecular formula is C16H23NO2. The molecule has 2 unspecified atom stereocenters. The second kappa shape index (κ2) is 4.12. The number of likely N-dealkylation sites (tertiary alicyclic amines) is 1. The Morgan fingerprint density at radius 1 is 1.42 bits per heavy atom. The van der Waals surface area contributed by atoms with Crippen LogP contribution in [0.25, 0.3) is 0 Å². The fourth-order valence-corrected chi connectivity index (χ4v) is 4.42. The Balaban J connectivity index is 1.74. The van der Waals surface area contributed by atoms with Crippen LogP contribution in [0, 0.1) is 10.8 Å². The Morgan fingerprint density at radius 2 is 2.21 bits per heavy atom. The predicted octanol–water partition coefficient (Wildman–Crippen LogP) is 3.25. The number of hydrogen-bond donors (Lipinski definition) is 0. The Hall–Kier alpha value is -1.25. The van der Waals surface area contributed by atoms with Crippen LogP contribution in [-0.2, 0) is 11.2 Å². The summed E-state index contributed by atoms with van der Waals surface area (Å²) >= 11 is 0. The van der Waals surface area contributed by atoms with Gasteiger partial charge in [0.25, 0.3) is 0 Å². The lowest BCUT2D eigenvalue weighted by Crippen LogP contribution is -2.38. The second-order valence-electron chi connectivity index (χ2n) is 7.49. The number of fused-ring (bicyclic) bond motifs is 2. The molecular weight excluding hydrogens is 238 g/mol. The molecule has 2 atom stereocenters. The molecule has 3 nitrogen and oxygen atoms in total. The summed E-state index contributed by atoms with van der Waals surface area (Å²) in [6.07, 6.45) is 5.56. The molecule has 104 valence electrons. The predicted molar refractivity (Wildman–Crippen MR) is 73.7 cm³/mol. The van der Waals surface area contributed by atoms with Crippen molar-refractivity contribution in [1.82, 2.24) is 4.90 Å². The molecule has 0 radical (unpaired) electrons. The van der Waals surface area contributed by atoms with E-state index in [0.717, 1.165) is 18.7 Å². The largest absolute Gasteiger partial charge is 0.469 e. The van der Waals surface area contributed by atoms with Crippen LogP contribution in [0.4, 0.5) is 0 Å². The molecule has 0 aromatic carbocycles. The summed E-state index contributed by atoms with van der Waals surface area (Å²) in [5.74, 6) is 0.997. The summed E-state index contributed by atoms with van der Waals surface area (Å²) < 4.78 is 5.29. The van der Waals surface area contributed by atoms with Crippen LogP contribution in [0.3, 0.4) is 0 Å². The lowest BCUT2D eigenvalue weighted by molar-refractivity contribution is -0.131. The zero-order valence-electron chi connectivity index (χ0n) is 12.1. The highest BCUT2D eigenvalue weighted by Gasteiger charge is 2.50. The molecule has 1 saturated heterocycles. The Morgan fingerprint density at radius 3 is 2.89 bits per heavy atom. The molecule has 1 saturated carbocycles. The molecule has 0 spiro atoms. The van der Waals surface area contributed by atoms with E-state index < -0.39 is 0 Å². The molecule has 1 aromatic heterocycles. The fraction of sp³-hybridized carbons (Fsp3) is 0.688. The number of rotatable bonds is 2. The van der Waals surface area contributed by atoms with Crippen molar-refractivity contribution in [2.45, 2.75) is 52.5 Å². The highest BCUT2D eigenvalue weighted by atomic mass is 16.3. The first-order valence-corrected chi connectivity index (χ1v) is 7.19. The monoisotopic (exact) mass is 261 g/mol. The van der Waals surface area contributed by atoms with Crippen molar-refractivity contribution in [2.24, 2.45) is 10.8 Å². The zero-order valence-corrected chi connectivity index (χ0v) is 12.1. The minimum atomic E-state index is 0.223. The average Bonchev–Trinajstić information content (AvgIpc) is 2.83. The van der Waals surface area contributed by atoms with Crippen molar-refractivity contribution < 1.29 is 9.21 Å². The first-order valence-electron chi connectivity index (χ1n) is 7.19. The topological polar surface area (TPSA) is 33.5 Å². The van der Waals surface area contributed by atoms with Gasteiger partial charge >= 0.3 is 0 Å². The van der Waals surface area contributed by atoms with E-state index in [-0.39, 0.29) is 5.91 Å². The SMILES string of the molecule is CC1(C)CC2CC(C)(CN2C(=O)Cc2ccco2)C1. The summed E-state index contributed by atoms with van der Waals surface area (Å²) in [6, 6.07) is 4.15. The van der Waals surface area contributed by atoms with Crippen LogP contribution in [0.1, 0.15) is 45.8 Å². The number of furan rings is 1. The summed E-state index contributed by atoms with van der Waals surface area (Å²) in [5, 5.41) is 0. The molecule has 1 aliphatic heterocycles. The van der Waals surface area contributed by atoms with Crippen LogP contribution >= 0.6 is 0 Å². The van der Waals surface area contributed by atoms with Crippen LogP contribution < -0.4 is 0 Å². The van der Waals surface area contributed by atoms with Crippen molar-refractivity contribution in [2.75, 3.05) is 6.54 Å². The molecule has 2 bridgehead atoms. The van der Waals surface area contributed by atoms with E-state index in [1.165, 1.54) is 12.8 Å². The van der Waals surface area contributed by atoms with Gasteiger partial charge in [-0.15, -0.1) is 0 Å². The van der Waals surface area contributed by atoms with Gasteiger partial charge in [0.15, 0.2) is 0 Å². The smallest absolute Gasteiger partial charge is 0.230 e. The van der Waals surface area contributed by atoms with E-state index in [9.17, 15) is 4.79 Å². The number of carbonyl (C=O) groups is 1. The van der Waals surface area contributed by atoms with Gasteiger partial charge in [0, 0.05) is 12.6 Å². The minimum Gasteiger partial charge on any atom is -0.469 e. The van der Waals surface area contributed by atoms with E-state index in [0.29, 0.717) is 23.3 Å². The molecule has 2 heterocycles. The van der Waals surface area contributed by atoms with Gasteiger partial charge in [-0.2, -0.15) is 0 Å². The average molecular weight is 261 g/mol. The highest BCUT2D eigenvalue weighted by Crippen LogP contribution is 2.52. The normalized spacial score (nSPS) is 32.6. The fourth-order valence-electron chi connectivity index (χ4n) is 4.42. The van der Waals surface area contributed by atoms with E-state index in [1.54, 1.807) is 6.26 Å². The third-order valence-corrected chi connectivity index (χ3v) is 4.64. The van der Waals surface area contributed by atoms with E-state index in [4.69, 9.17) is 4.42 Å². The third kappa shape index (κ3) is 2.43. The van der Waals surface area contributed by atoms with Gasteiger partial charge in [-0.25, -0.2) is 0 Å². The van der Waals surface area contributed by atoms with Crippen LogP contribution in [0.15, 0.2) is 22.8 Å². The molecule has 2 fully saturated rings. The molecule has 1 amide bonds. The molecule has 3 heteroatoms. The van der Waals surface area contributed by atoms with Crippen molar-refractivity contribution in [1.29, 1.82) is 0 Å². The summed E-state index contributed by atoms with van der Waals surface area (Å²) in [5.41, 5.74) is 0.669. The Bertz CT molecular complexity index is 477. The molecule has 2 aliphatic rings.